The zero-order valence-electron chi connectivity index (χ0n) is 14.0. The lowest BCUT2D eigenvalue weighted by atomic mass is 10.1. The largest absolute Gasteiger partial charge is 0.330 e. The van der Waals surface area contributed by atoms with Crippen molar-refractivity contribution < 1.29 is 13.2 Å². The quantitative estimate of drug-likeness (QED) is 0.770. The molecule has 0 saturated heterocycles. The molecule has 0 saturated carbocycles. The van der Waals surface area contributed by atoms with Crippen LogP contribution < -0.4 is 11.1 Å². The average molecular weight is 383 g/mol. The van der Waals surface area contributed by atoms with Crippen molar-refractivity contribution >= 4 is 33.8 Å². The molecule has 25 heavy (non-hydrogen) atoms. The summed E-state index contributed by atoms with van der Waals surface area (Å²) >= 11 is 0. The van der Waals surface area contributed by atoms with Gasteiger partial charge in [-0.05, 0) is 23.3 Å². The SMILES string of the molecule is CC(CN)C(=O)Nc1cccc(CS(=O)(=O)Cc2ccccc2)c1.Cl. The summed E-state index contributed by atoms with van der Waals surface area (Å²) in [6.45, 7) is 2.00. The molecule has 1 unspecified atom stereocenters. The van der Waals surface area contributed by atoms with Crippen molar-refractivity contribution in [2.24, 2.45) is 11.7 Å². The van der Waals surface area contributed by atoms with E-state index >= 15 is 0 Å². The maximum Gasteiger partial charge on any atom is 0.228 e. The zero-order valence-corrected chi connectivity index (χ0v) is 15.6. The van der Waals surface area contributed by atoms with E-state index in [1.165, 1.54) is 0 Å². The maximum atomic E-state index is 12.4. The highest BCUT2D eigenvalue weighted by Crippen LogP contribution is 2.17. The Bertz CT molecular complexity index is 795. The van der Waals surface area contributed by atoms with Gasteiger partial charge in [0.2, 0.25) is 5.91 Å². The first-order valence-corrected chi connectivity index (χ1v) is 9.56. The molecular formula is C18H23ClN2O3S. The summed E-state index contributed by atoms with van der Waals surface area (Å²) in [7, 11) is -3.29. The molecule has 0 bridgehead atoms. The van der Waals surface area contributed by atoms with Gasteiger partial charge in [0, 0.05) is 18.2 Å². The van der Waals surface area contributed by atoms with E-state index < -0.39 is 9.84 Å². The number of benzene rings is 2. The number of carbonyl (C=O) groups is 1. The second kappa shape index (κ2) is 9.56. The molecule has 0 heterocycles. The van der Waals surface area contributed by atoms with Crippen LogP contribution in [-0.2, 0) is 26.1 Å². The summed E-state index contributed by atoms with van der Waals surface area (Å²) in [4.78, 5) is 11.9. The Labute approximate surface area is 155 Å². The Morgan fingerprint density at radius 1 is 1.04 bits per heavy atom. The third-order valence-electron chi connectivity index (χ3n) is 3.61. The normalized spacial score (nSPS) is 12.1. The lowest BCUT2D eigenvalue weighted by Gasteiger charge is -2.11. The predicted molar refractivity (Wildman–Crippen MR) is 103 cm³/mol. The minimum Gasteiger partial charge on any atom is -0.330 e. The van der Waals surface area contributed by atoms with Gasteiger partial charge in [-0.25, -0.2) is 8.42 Å². The Balaban J connectivity index is 0.00000312. The topological polar surface area (TPSA) is 89.3 Å². The number of carbonyl (C=O) groups excluding carboxylic acids is 1. The van der Waals surface area contributed by atoms with Crippen molar-refractivity contribution in [3.8, 4) is 0 Å². The number of hydrogen-bond acceptors (Lipinski definition) is 4. The third kappa shape index (κ3) is 6.86. The molecule has 1 amide bonds. The van der Waals surface area contributed by atoms with E-state index in [0.717, 1.165) is 5.56 Å². The van der Waals surface area contributed by atoms with Crippen LogP contribution in [0.4, 0.5) is 5.69 Å². The summed E-state index contributed by atoms with van der Waals surface area (Å²) in [5.41, 5.74) is 7.45. The van der Waals surface area contributed by atoms with Gasteiger partial charge < -0.3 is 11.1 Å². The van der Waals surface area contributed by atoms with Crippen LogP contribution in [0.3, 0.4) is 0 Å². The van der Waals surface area contributed by atoms with Crippen molar-refractivity contribution in [2.75, 3.05) is 11.9 Å². The predicted octanol–water partition coefficient (Wildman–Crippen LogP) is 2.76. The Kier molecular flexibility index (Phi) is 8.09. The highest BCUT2D eigenvalue weighted by molar-refractivity contribution is 7.89. The number of amides is 1. The van der Waals surface area contributed by atoms with E-state index in [1.54, 1.807) is 43.3 Å². The molecule has 0 aliphatic heterocycles. The fourth-order valence-corrected chi connectivity index (χ4v) is 3.73. The van der Waals surface area contributed by atoms with E-state index in [2.05, 4.69) is 5.32 Å². The first kappa shape index (κ1) is 21.2. The fraction of sp³-hybridized carbons (Fsp3) is 0.278. The van der Waals surface area contributed by atoms with Crippen molar-refractivity contribution in [3.63, 3.8) is 0 Å². The van der Waals surface area contributed by atoms with Gasteiger partial charge in [-0.1, -0.05) is 49.4 Å². The molecule has 2 aromatic rings. The smallest absolute Gasteiger partial charge is 0.228 e. The van der Waals surface area contributed by atoms with Gasteiger partial charge in [0.25, 0.3) is 0 Å². The van der Waals surface area contributed by atoms with Crippen molar-refractivity contribution in [1.82, 2.24) is 0 Å². The average Bonchev–Trinajstić information content (AvgIpc) is 2.54. The first-order valence-electron chi connectivity index (χ1n) is 7.74. The van der Waals surface area contributed by atoms with Crippen LogP contribution in [0.25, 0.3) is 0 Å². The molecule has 136 valence electrons. The molecule has 0 aromatic heterocycles. The monoisotopic (exact) mass is 382 g/mol. The van der Waals surface area contributed by atoms with Crippen LogP contribution in [0.1, 0.15) is 18.1 Å². The fourth-order valence-electron chi connectivity index (χ4n) is 2.24. The van der Waals surface area contributed by atoms with Crippen molar-refractivity contribution in [1.29, 1.82) is 0 Å². The number of anilines is 1. The van der Waals surface area contributed by atoms with E-state index in [1.807, 2.05) is 18.2 Å². The molecule has 0 aliphatic rings. The molecule has 3 N–H and O–H groups in total. The van der Waals surface area contributed by atoms with Crippen LogP contribution in [0, 0.1) is 5.92 Å². The number of sulfone groups is 1. The lowest BCUT2D eigenvalue weighted by molar-refractivity contribution is -0.119. The molecule has 0 radical (unpaired) electrons. The molecular weight excluding hydrogens is 360 g/mol. The second-order valence-corrected chi connectivity index (χ2v) is 7.91. The maximum absolute atomic E-state index is 12.4. The number of hydrogen-bond donors (Lipinski definition) is 2. The summed E-state index contributed by atoms with van der Waals surface area (Å²) in [5, 5.41) is 2.75. The van der Waals surface area contributed by atoms with Crippen molar-refractivity contribution in [2.45, 2.75) is 18.4 Å². The van der Waals surface area contributed by atoms with E-state index in [9.17, 15) is 13.2 Å². The molecule has 1 atom stereocenters. The summed E-state index contributed by atoms with van der Waals surface area (Å²) in [6.07, 6.45) is 0. The third-order valence-corrected chi connectivity index (χ3v) is 5.16. The van der Waals surface area contributed by atoms with E-state index in [0.29, 0.717) is 11.3 Å². The van der Waals surface area contributed by atoms with Crippen molar-refractivity contribution in [3.05, 3.63) is 65.7 Å². The van der Waals surface area contributed by atoms with E-state index in [-0.39, 0.29) is 42.3 Å². The number of nitrogens with one attached hydrogen (secondary N) is 1. The minimum atomic E-state index is -3.29. The van der Waals surface area contributed by atoms with Crippen LogP contribution in [0.15, 0.2) is 54.6 Å². The van der Waals surface area contributed by atoms with E-state index in [4.69, 9.17) is 5.73 Å². The second-order valence-electron chi connectivity index (χ2n) is 5.84. The molecule has 0 aliphatic carbocycles. The van der Waals surface area contributed by atoms with Crippen LogP contribution in [-0.4, -0.2) is 20.9 Å². The highest BCUT2D eigenvalue weighted by Gasteiger charge is 2.15. The summed E-state index contributed by atoms with van der Waals surface area (Å²) < 4.78 is 24.7. The van der Waals surface area contributed by atoms with Gasteiger partial charge in [-0.2, -0.15) is 0 Å². The van der Waals surface area contributed by atoms with Gasteiger partial charge in [0.05, 0.1) is 11.5 Å². The molecule has 2 aromatic carbocycles. The molecule has 7 heteroatoms. The first-order chi connectivity index (χ1) is 11.4. The van der Waals surface area contributed by atoms with Crippen LogP contribution >= 0.6 is 12.4 Å². The Hall–Kier alpha value is -1.89. The standard InChI is InChI=1S/C18H22N2O3S.ClH/c1-14(11-19)18(21)20-17-9-5-8-16(10-17)13-24(22,23)12-15-6-3-2-4-7-15;/h2-10,14H,11-13,19H2,1H3,(H,20,21);1H. The van der Waals surface area contributed by atoms with Gasteiger partial charge >= 0.3 is 0 Å². The highest BCUT2D eigenvalue weighted by atomic mass is 35.5. The van der Waals surface area contributed by atoms with Gasteiger partial charge in [0.15, 0.2) is 9.84 Å². The molecule has 0 spiro atoms. The minimum absolute atomic E-state index is 0. The van der Waals surface area contributed by atoms with Gasteiger partial charge in [0.1, 0.15) is 0 Å². The zero-order chi connectivity index (χ0) is 17.6. The summed E-state index contributed by atoms with van der Waals surface area (Å²) in [5.74, 6) is -0.551. The number of rotatable bonds is 7. The van der Waals surface area contributed by atoms with Gasteiger partial charge in [-0.15, -0.1) is 12.4 Å². The Morgan fingerprint density at radius 3 is 2.28 bits per heavy atom. The van der Waals surface area contributed by atoms with Crippen LogP contribution in [0.5, 0.6) is 0 Å². The molecule has 2 rings (SSSR count). The molecule has 0 fully saturated rings. The number of halogens is 1. The molecule has 5 nitrogen and oxygen atoms in total. The Morgan fingerprint density at radius 2 is 1.64 bits per heavy atom. The van der Waals surface area contributed by atoms with Crippen LogP contribution in [0.2, 0.25) is 0 Å². The summed E-state index contributed by atoms with van der Waals surface area (Å²) in [6, 6.07) is 16.0. The van der Waals surface area contributed by atoms with Gasteiger partial charge in [-0.3, -0.25) is 4.79 Å². The lowest BCUT2D eigenvalue weighted by Crippen LogP contribution is -2.26. The number of nitrogens with two attached hydrogens (primary N) is 1.